The minimum Gasteiger partial charge on any atom is -0.378 e. The lowest BCUT2D eigenvalue weighted by molar-refractivity contribution is -0.391. The Morgan fingerprint density at radius 1 is 1.56 bits per heavy atom. The van der Waals surface area contributed by atoms with Gasteiger partial charge in [-0.3, -0.25) is 0 Å². The number of aromatic nitrogens is 2. The van der Waals surface area contributed by atoms with E-state index in [9.17, 15) is 10.1 Å². The minimum absolute atomic E-state index is 0.000744. The van der Waals surface area contributed by atoms with Gasteiger partial charge in [0.1, 0.15) is 6.20 Å². The van der Waals surface area contributed by atoms with E-state index in [4.69, 9.17) is 0 Å². The van der Waals surface area contributed by atoms with Crippen molar-refractivity contribution in [3.8, 4) is 0 Å². The third-order valence-electron chi connectivity index (χ3n) is 2.43. The maximum Gasteiger partial charge on any atom is 0.342 e. The van der Waals surface area contributed by atoms with Crippen molar-refractivity contribution in [2.45, 2.75) is 13.8 Å². The summed E-state index contributed by atoms with van der Waals surface area (Å²) >= 11 is 0. The van der Waals surface area contributed by atoms with Crippen LogP contribution in [-0.4, -0.2) is 32.5 Å². The average Bonchev–Trinajstić information content (AvgIpc) is 2.62. The van der Waals surface area contributed by atoms with Gasteiger partial charge in [0.2, 0.25) is 5.82 Å². The van der Waals surface area contributed by atoms with Gasteiger partial charge >= 0.3 is 5.82 Å². The third-order valence-corrected chi connectivity index (χ3v) is 2.43. The highest BCUT2D eigenvalue weighted by Crippen LogP contribution is 2.12. The highest BCUT2D eigenvalue weighted by molar-refractivity contribution is 5.43. The molecule has 88 valence electrons. The second kappa shape index (κ2) is 5.29. The first kappa shape index (κ1) is 12.2. The van der Waals surface area contributed by atoms with Crippen molar-refractivity contribution in [1.29, 1.82) is 0 Å². The van der Waals surface area contributed by atoms with E-state index in [0.717, 1.165) is 13.1 Å². The molecule has 0 aliphatic rings. The largest absolute Gasteiger partial charge is 0.378 e. The lowest BCUT2D eigenvalue weighted by atomic mass is 10.5. The van der Waals surface area contributed by atoms with E-state index >= 15 is 0 Å². The lowest BCUT2D eigenvalue weighted by Crippen LogP contribution is -2.15. The molecule has 1 rings (SSSR count). The van der Waals surface area contributed by atoms with E-state index in [-0.39, 0.29) is 5.82 Å². The van der Waals surface area contributed by atoms with Crippen LogP contribution in [0.5, 0.6) is 0 Å². The first-order chi connectivity index (χ1) is 7.60. The fourth-order valence-corrected chi connectivity index (χ4v) is 1.35. The highest BCUT2D eigenvalue weighted by Gasteiger charge is 2.13. The van der Waals surface area contributed by atoms with E-state index in [2.05, 4.69) is 23.7 Å². The van der Waals surface area contributed by atoms with Crippen LogP contribution in [0.15, 0.2) is 12.4 Å². The third kappa shape index (κ3) is 2.59. The zero-order valence-electron chi connectivity index (χ0n) is 9.75. The number of hydrogen-bond donors (Lipinski definition) is 0. The summed E-state index contributed by atoms with van der Waals surface area (Å²) in [7, 11) is 1.63. The molecule has 16 heavy (non-hydrogen) atoms. The van der Waals surface area contributed by atoms with Crippen molar-refractivity contribution in [3.63, 3.8) is 0 Å². The number of hydrogen-bond acceptors (Lipinski definition) is 4. The molecular weight excluding hydrogens is 208 g/mol. The molecule has 1 heterocycles. The summed E-state index contributed by atoms with van der Waals surface area (Å²) in [6, 6.07) is 0. The van der Waals surface area contributed by atoms with E-state index < -0.39 is 4.92 Å². The Bertz CT molecular complexity index is 394. The second-order valence-corrected chi connectivity index (χ2v) is 3.33. The van der Waals surface area contributed by atoms with Gasteiger partial charge in [-0.25, -0.2) is 9.55 Å². The first-order valence-corrected chi connectivity index (χ1v) is 5.18. The lowest BCUT2D eigenvalue weighted by Gasteiger charge is -2.13. The normalized spacial score (nSPS) is 10.9. The van der Waals surface area contributed by atoms with E-state index in [1.807, 2.05) is 6.20 Å². The van der Waals surface area contributed by atoms with Crippen molar-refractivity contribution in [2.75, 3.05) is 13.1 Å². The van der Waals surface area contributed by atoms with Crippen LogP contribution in [0.25, 0.3) is 6.08 Å². The van der Waals surface area contributed by atoms with Crippen molar-refractivity contribution in [2.24, 2.45) is 7.05 Å². The topological polar surface area (TPSA) is 64.2 Å². The molecule has 0 fully saturated rings. The molecule has 0 N–H and O–H groups in total. The van der Waals surface area contributed by atoms with Crippen LogP contribution in [0.1, 0.15) is 19.7 Å². The zero-order valence-corrected chi connectivity index (χ0v) is 9.75. The summed E-state index contributed by atoms with van der Waals surface area (Å²) in [6.45, 7) is 5.91. The molecule has 0 atom stereocenters. The van der Waals surface area contributed by atoms with E-state index in [0.29, 0.717) is 5.82 Å². The molecule has 0 saturated heterocycles. The predicted octanol–water partition coefficient (Wildman–Crippen LogP) is 1.64. The SMILES string of the molecule is CCN(/C=C/c1ncc([N+](=O)[O-])n1C)CC. The van der Waals surface area contributed by atoms with Crippen LogP contribution in [0.2, 0.25) is 0 Å². The summed E-state index contributed by atoms with van der Waals surface area (Å²) < 4.78 is 1.46. The summed E-state index contributed by atoms with van der Waals surface area (Å²) in [5.41, 5.74) is 0. The van der Waals surface area contributed by atoms with Crippen LogP contribution < -0.4 is 0 Å². The highest BCUT2D eigenvalue weighted by atomic mass is 16.6. The van der Waals surface area contributed by atoms with Gasteiger partial charge in [-0.1, -0.05) is 0 Å². The molecule has 0 spiro atoms. The summed E-state index contributed by atoms with van der Waals surface area (Å²) in [6.07, 6.45) is 4.94. The minimum atomic E-state index is -0.443. The Morgan fingerprint density at radius 2 is 2.19 bits per heavy atom. The van der Waals surface area contributed by atoms with Gasteiger partial charge in [0.15, 0.2) is 0 Å². The number of nitrogens with zero attached hydrogens (tertiary/aromatic N) is 4. The van der Waals surface area contributed by atoms with Gasteiger partial charge in [0.25, 0.3) is 0 Å². The van der Waals surface area contributed by atoms with Crippen molar-refractivity contribution < 1.29 is 4.92 Å². The quantitative estimate of drug-likeness (QED) is 0.563. The maximum atomic E-state index is 10.6. The van der Waals surface area contributed by atoms with Gasteiger partial charge in [-0.05, 0) is 18.8 Å². The Kier molecular flexibility index (Phi) is 4.04. The van der Waals surface area contributed by atoms with Crippen molar-refractivity contribution >= 4 is 11.9 Å². The molecule has 0 aliphatic carbocycles. The van der Waals surface area contributed by atoms with Crippen LogP contribution in [0, 0.1) is 10.1 Å². The summed E-state index contributed by atoms with van der Waals surface area (Å²) in [5, 5.41) is 10.6. The zero-order chi connectivity index (χ0) is 12.1. The molecule has 0 aliphatic heterocycles. The molecule has 0 bridgehead atoms. The van der Waals surface area contributed by atoms with Gasteiger partial charge in [-0.2, -0.15) is 0 Å². The second-order valence-electron chi connectivity index (χ2n) is 3.33. The fraction of sp³-hybridized carbons (Fsp3) is 0.500. The number of rotatable bonds is 5. The smallest absolute Gasteiger partial charge is 0.342 e. The Labute approximate surface area is 94.3 Å². The molecule has 0 amide bonds. The summed E-state index contributed by atoms with van der Waals surface area (Å²) in [5.74, 6) is 0.581. The maximum absolute atomic E-state index is 10.6. The van der Waals surface area contributed by atoms with Gasteiger partial charge in [0.05, 0.1) is 7.05 Å². The summed E-state index contributed by atoms with van der Waals surface area (Å²) in [4.78, 5) is 16.2. The van der Waals surface area contributed by atoms with E-state index in [1.165, 1.54) is 10.8 Å². The van der Waals surface area contributed by atoms with Gasteiger partial charge in [-0.15, -0.1) is 0 Å². The van der Waals surface area contributed by atoms with Crippen molar-refractivity contribution in [1.82, 2.24) is 14.5 Å². The Balaban J connectivity index is 2.86. The predicted molar refractivity (Wildman–Crippen MR) is 61.8 cm³/mol. The molecule has 0 radical (unpaired) electrons. The van der Waals surface area contributed by atoms with Gasteiger partial charge < -0.3 is 15.0 Å². The van der Waals surface area contributed by atoms with E-state index in [1.54, 1.807) is 13.1 Å². The number of nitro groups is 1. The fourth-order valence-electron chi connectivity index (χ4n) is 1.35. The van der Waals surface area contributed by atoms with Crippen LogP contribution >= 0.6 is 0 Å². The van der Waals surface area contributed by atoms with Crippen LogP contribution in [-0.2, 0) is 7.05 Å². The Morgan fingerprint density at radius 3 is 2.62 bits per heavy atom. The molecule has 0 saturated carbocycles. The molecule has 0 aromatic carbocycles. The number of imidazole rings is 1. The van der Waals surface area contributed by atoms with Gasteiger partial charge in [0, 0.05) is 25.4 Å². The van der Waals surface area contributed by atoms with Crippen LogP contribution in [0.3, 0.4) is 0 Å². The molecule has 0 unspecified atom stereocenters. The molecule has 6 heteroatoms. The molecular formula is C10H16N4O2. The molecule has 6 nitrogen and oxygen atoms in total. The first-order valence-electron chi connectivity index (χ1n) is 5.18. The standard InChI is InChI=1S/C10H16N4O2/c1-4-13(5-2)7-6-9-11-8-10(12(9)3)14(15)16/h6-8H,4-5H2,1-3H3/b7-6+. The monoisotopic (exact) mass is 224 g/mol. The van der Waals surface area contributed by atoms with Crippen molar-refractivity contribution in [3.05, 3.63) is 28.3 Å². The average molecular weight is 224 g/mol. The van der Waals surface area contributed by atoms with Crippen LogP contribution in [0.4, 0.5) is 5.82 Å². The molecule has 1 aromatic rings. The Hall–Kier alpha value is -1.85. The molecule has 1 aromatic heterocycles.